The van der Waals surface area contributed by atoms with Gasteiger partial charge in [-0.15, -0.1) is 10.2 Å². The van der Waals surface area contributed by atoms with Crippen LogP contribution in [0.4, 0.5) is 0 Å². The van der Waals surface area contributed by atoms with Crippen LogP contribution in [0.25, 0.3) is 0 Å². The van der Waals surface area contributed by atoms with Crippen LogP contribution in [-0.2, 0) is 23.2 Å². The molecule has 0 bridgehead atoms. The highest BCUT2D eigenvalue weighted by Crippen LogP contribution is 2.20. The summed E-state index contributed by atoms with van der Waals surface area (Å²) in [5.41, 5.74) is 5.66. The van der Waals surface area contributed by atoms with Gasteiger partial charge in [-0.05, 0) is 26.7 Å². The second kappa shape index (κ2) is 5.60. The Bertz CT molecular complexity index is 354. The molecule has 1 atom stereocenters. The van der Waals surface area contributed by atoms with Gasteiger partial charge >= 0.3 is 0 Å². The average Bonchev–Trinajstić information content (AvgIpc) is 2.60. The molecule has 0 spiro atoms. The highest BCUT2D eigenvalue weighted by atomic mass is 16.5. The van der Waals surface area contributed by atoms with E-state index in [0.717, 1.165) is 24.7 Å². The summed E-state index contributed by atoms with van der Waals surface area (Å²) in [5.74, 6) is 2.26. The number of hydrogen-bond donors (Lipinski definition) is 1. The lowest BCUT2D eigenvalue weighted by molar-refractivity contribution is 0.157. The van der Waals surface area contributed by atoms with E-state index < -0.39 is 0 Å². The Balaban J connectivity index is 2.96. The van der Waals surface area contributed by atoms with Gasteiger partial charge in [0.25, 0.3) is 0 Å². The lowest BCUT2D eigenvalue weighted by Crippen LogP contribution is -2.28. The van der Waals surface area contributed by atoms with Gasteiger partial charge in [0, 0.05) is 25.7 Å². The molecule has 0 saturated heterocycles. The molecule has 1 unspecified atom stereocenters. The molecule has 0 radical (unpaired) electrons. The predicted octanol–water partition coefficient (Wildman–Crippen LogP) is 1.32. The van der Waals surface area contributed by atoms with Crippen molar-refractivity contribution in [3.8, 4) is 0 Å². The van der Waals surface area contributed by atoms with Crippen LogP contribution in [0.15, 0.2) is 0 Å². The summed E-state index contributed by atoms with van der Waals surface area (Å²) >= 11 is 0. The number of methoxy groups -OCH3 is 1. The first-order valence-corrected chi connectivity index (χ1v) is 6.02. The molecule has 2 N–H and O–H groups in total. The molecule has 0 aliphatic rings. The van der Waals surface area contributed by atoms with Crippen molar-refractivity contribution < 1.29 is 4.74 Å². The van der Waals surface area contributed by atoms with Crippen LogP contribution in [-0.4, -0.2) is 28.5 Å². The molecule has 1 aromatic rings. The largest absolute Gasteiger partial charge is 0.384 e. The highest BCUT2D eigenvalue weighted by Gasteiger charge is 2.23. The molecule has 0 fully saturated rings. The van der Waals surface area contributed by atoms with Crippen molar-refractivity contribution in [1.82, 2.24) is 14.8 Å². The maximum absolute atomic E-state index is 5.70. The molecule has 98 valence electrons. The lowest BCUT2D eigenvalue weighted by Gasteiger charge is -2.25. The maximum Gasteiger partial charge on any atom is 0.147 e. The SMILES string of the molecule is COCC(C)Cc1nnc(CN)n1C(C)(C)C. The van der Waals surface area contributed by atoms with Gasteiger partial charge in [-0.25, -0.2) is 0 Å². The zero-order valence-corrected chi connectivity index (χ0v) is 11.5. The van der Waals surface area contributed by atoms with Crippen molar-refractivity contribution >= 4 is 0 Å². The van der Waals surface area contributed by atoms with Crippen LogP contribution in [0.1, 0.15) is 39.3 Å². The van der Waals surface area contributed by atoms with Gasteiger partial charge in [0.2, 0.25) is 0 Å². The molecule has 1 heterocycles. The maximum atomic E-state index is 5.70. The second-order valence-corrected chi connectivity index (χ2v) is 5.51. The molecular formula is C12H24N4O. The standard InChI is InChI=1S/C12H24N4O/c1-9(8-17-5)6-10-14-15-11(7-13)16(10)12(2,3)4/h9H,6-8,13H2,1-5H3. The van der Waals surface area contributed by atoms with Crippen LogP contribution in [0, 0.1) is 5.92 Å². The number of rotatable bonds is 5. The molecule has 1 rings (SSSR count). The summed E-state index contributed by atoms with van der Waals surface area (Å²) in [7, 11) is 1.72. The quantitative estimate of drug-likeness (QED) is 0.843. The van der Waals surface area contributed by atoms with Crippen molar-refractivity contribution in [3.05, 3.63) is 11.6 Å². The van der Waals surface area contributed by atoms with Crippen molar-refractivity contribution in [1.29, 1.82) is 0 Å². The van der Waals surface area contributed by atoms with E-state index >= 15 is 0 Å². The average molecular weight is 240 g/mol. The summed E-state index contributed by atoms with van der Waals surface area (Å²) in [6.45, 7) is 9.71. The van der Waals surface area contributed by atoms with E-state index in [4.69, 9.17) is 10.5 Å². The third-order valence-corrected chi connectivity index (χ3v) is 2.63. The minimum absolute atomic E-state index is 0.0413. The van der Waals surface area contributed by atoms with E-state index in [9.17, 15) is 0 Å². The fourth-order valence-corrected chi connectivity index (χ4v) is 2.05. The molecule has 0 aliphatic carbocycles. The molecule has 5 heteroatoms. The summed E-state index contributed by atoms with van der Waals surface area (Å²) < 4.78 is 7.29. The Kier molecular flexibility index (Phi) is 4.65. The zero-order chi connectivity index (χ0) is 13.1. The Hall–Kier alpha value is -0.940. The van der Waals surface area contributed by atoms with Crippen LogP contribution >= 0.6 is 0 Å². The Labute approximate surface area is 103 Å². The first kappa shape index (κ1) is 14.1. The first-order chi connectivity index (χ1) is 7.90. The molecule has 5 nitrogen and oxygen atoms in total. The molecule has 1 aromatic heterocycles. The Morgan fingerprint density at radius 1 is 1.29 bits per heavy atom. The van der Waals surface area contributed by atoms with Crippen molar-refractivity contribution in [2.75, 3.05) is 13.7 Å². The Morgan fingerprint density at radius 3 is 2.35 bits per heavy atom. The minimum atomic E-state index is -0.0413. The van der Waals surface area contributed by atoms with E-state index in [1.807, 2.05) is 0 Å². The highest BCUT2D eigenvalue weighted by molar-refractivity contribution is 5.01. The van der Waals surface area contributed by atoms with E-state index in [1.165, 1.54) is 0 Å². The molecule has 17 heavy (non-hydrogen) atoms. The molecular weight excluding hydrogens is 216 g/mol. The van der Waals surface area contributed by atoms with Crippen molar-refractivity contribution in [2.24, 2.45) is 11.7 Å². The van der Waals surface area contributed by atoms with Gasteiger partial charge in [-0.3, -0.25) is 0 Å². The lowest BCUT2D eigenvalue weighted by atomic mass is 10.1. The topological polar surface area (TPSA) is 66.0 Å². The van der Waals surface area contributed by atoms with Crippen LogP contribution < -0.4 is 5.73 Å². The summed E-state index contributed by atoms with van der Waals surface area (Å²) in [4.78, 5) is 0. The smallest absolute Gasteiger partial charge is 0.147 e. The number of hydrogen-bond acceptors (Lipinski definition) is 4. The normalized spacial score (nSPS) is 14.0. The van der Waals surface area contributed by atoms with E-state index in [2.05, 4.69) is 42.5 Å². The third-order valence-electron chi connectivity index (χ3n) is 2.63. The van der Waals surface area contributed by atoms with Gasteiger partial charge in [-0.2, -0.15) is 0 Å². The van der Waals surface area contributed by atoms with E-state index in [-0.39, 0.29) is 5.54 Å². The van der Waals surface area contributed by atoms with Crippen molar-refractivity contribution in [3.63, 3.8) is 0 Å². The number of nitrogens with zero attached hydrogens (tertiary/aromatic N) is 3. The number of aromatic nitrogens is 3. The molecule has 0 aromatic carbocycles. The van der Waals surface area contributed by atoms with Crippen molar-refractivity contribution in [2.45, 2.75) is 46.2 Å². The second-order valence-electron chi connectivity index (χ2n) is 5.51. The zero-order valence-electron chi connectivity index (χ0n) is 11.5. The van der Waals surface area contributed by atoms with Gasteiger partial charge in [0.05, 0.1) is 6.54 Å². The predicted molar refractivity (Wildman–Crippen MR) is 67.7 cm³/mol. The number of nitrogens with two attached hydrogens (primary N) is 1. The fraction of sp³-hybridized carbons (Fsp3) is 0.833. The summed E-state index contributed by atoms with van der Waals surface area (Å²) in [6, 6.07) is 0. The Morgan fingerprint density at radius 2 is 1.88 bits per heavy atom. The third kappa shape index (κ3) is 3.51. The van der Waals surface area contributed by atoms with Gasteiger partial charge in [0.15, 0.2) is 0 Å². The summed E-state index contributed by atoms with van der Waals surface area (Å²) in [6.07, 6.45) is 0.859. The van der Waals surface area contributed by atoms with Gasteiger partial charge in [-0.1, -0.05) is 6.92 Å². The van der Waals surface area contributed by atoms with E-state index in [0.29, 0.717) is 12.5 Å². The number of ether oxygens (including phenoxy) is 1. The van der Waals surface area contributed by atoms with Gasteiger partial charge < -0.3 is 15.0 Å². The fourth-order valence-electron chi connectivity index (χ4n) is 2.05. The first-order valence-electron chi connectivity index (χ1n) is 6.02. The van der Waals surface area contributed by atoms with E-state index in [1.54, 1.807) is 7.11 Å². The van der Waals surface area contributed by atoms with Crippen LogP contribution in [0.2, 0.25) is 0 Å². The van der Waals surface area contributed by atoms with Crippen LogP contribution in [0.5, 0.6) is 0 Å². The molecule has 0 aliphatic heterocycles. The van der Waals surface area contributed by atoms with Gasteiger partial charge in [0.1, 0.15) is 11.6 Å². The van der Waals surface area contributed by atoms with Crippen LogP contribution in [0.3, 0.4) is 0 Å². The monoisotopic (exact) mass is 240 g/mol. The molecule has 0 saturated carbocycles. The summed E-state index contributed by atoms with van der Waals surface area (Å²) in [5, 5.41) is 8.41. The minimum Gasteiger partial charge on any atom is -0.384 e. The molecule has 0 amide bonds.